The van der Waals surface area contributed by atoms with Crippen LogP contribution in [0.15, 0.2) is 21.5 Å². The van der Waals surface area contributed by atoms with Gasteiger partial charge in [0.2, 0.25) is 0 Å². The highest BCUT2D eigenvalue weighted by molar-refractivity contribution is 9.10. The molecule has 1 aromatic rings. The zero-order valence-corrected chi connectivity index (χ0v) is 10.4. The van der Waals surface area contributed by atoms with Crippen LogP contribution in [0.5, 0.6) is 0 Å². The third-order valence-electron chi connectivity index (χ3n) is 1.69. The number of thiol groups is 1. The Hall–Kier alpha value is -0.990. The Bertz CT molecular complexity index is 440. The number of ether oxygens (including phenoxy) is 1. The molecule has 0 aromatic heterocycles. The third-order valence-corrected chi connectivity index (χ3v) is 3.10. The fourth-order valence-corrected chi connectivity index (χ4v) is 1.71. The number of carbonyl (C=O) groups is 1. The lowest BCUT2D eigenvalue weighted by atomic mass is 10.1. The molecule has 5 heteroatoms. The fraction of sp³-hybridized carbons (Fsp3) is 0.200. The van der Waals surface area contributed by atoms with Crippen LogP contribution in [0.2, 0.25) is 0 Å². The van der Waals surface area contributed by atoms with Crippen LogP contribution in [0.3, 0.4) is 0 Å². The minimum atomic E-state index is -0.472. The molecule has 0 aliphatic carbocycles. The van der Waals surface area contributed by atoms with E-state index in [-0.39, 0.29) is 0 Å². The summed E-state index contributed by atoms with van der Waals surface area (Å²) < 4.78 is 5.45. The Morgan fingerprint density at radius 3 is 2.87 bits per heavy atom. The first kappa shape index (κ1) is 12.1. The van der Waals surface area contributed by atoms with Crippen LogP contribution in [0, 0.1) is 11.3 Å². The lowest BCUT2D eigenvalue weighted by molar-refractivity contribution is 0.0522. The number of benzene rings is 1. The van der Waals surface area contributed by atoms with E-state index < -0.39 is 5.97 Å². The second-order valence-electron chi connectivity index (χ2n) is 2.69. The molecule has 0 saturated carbocycles. The third kappa shape index (κ3) is 2.74. The number of carbonyl (C=O) groups excluding carboxylic acids is 1. The van der Waals surface area contributed by atoms with Gasteiger partial charge in [-0.15, -0.1) is 12.6 Å². The molecular formula is C10H8BrNO2S. The summed E-state index contributed by atoms with van der Waals surface area (Å²) in [4.78, 5) is 12.0. The van der Waals surface area contributed by atoms with E-state index in [1.54, 1.807) is 13.0 Å². The van der Waals surface area contributed by atoms with Gasteiger partial charge in [-0.2, -0.15) is 5.26 Å². The molecule has 3 nitrogen and oxygen atoms in total. The number of nitrogens with zero attached hydrogens (tertiary/aromatic N) is 1. The van der Waals surface area contributed by atoms with E-state index in [4.69, 9.17) is 10.00 Å². The van der Waals surface area contributed by atoms with Crippen LogP contribution in [-0.2, 0) is 4.74 Å². The molecule has 0 N–H and O–H groups in total. The molecule has 0 unspecified atom stereocenters. The van der Waals surface area contributed by atoms with Crippen LogP contribution in [-0.4, -0.2) is 12.6 Å². The van der Waals surface area contributed by atoms with E-state index in [9.17, 15) is 4.79 Å². The van der Waals surface area contributed by atoms with Gasteiger partial charge < -0.3 is 4.74 Å². The minimum Gasteiger partial charge on any atom is -0.462 e. The van der Waals surface area contributed by atoms with Crippen LogP contribution in [0.4, 0.5) is 0 Å². The summed E-state index contributed by atoms with van der Waals surface area (Å²) in [6.07, 6.45) is 0. The van der Waals surface area contributed by atoms with Gasteiger partial charge >= 0.3 is 5.97 Å². The van der Waals surface area contributed by atoms with Crippen molar-refractivity contribution in [3.8, 4) is 6.07 Å². The van der Waals surface area contributed by atoms with Gasteiger partial charge in [-0.05, 0) is 35.0 Å². The number of halogens is 1. The monoisotopic (exact) mass is 285 g/mol. The molecule has 15 heavy (non-hydrogen) atoms. The van der Waals surface area contributed by atoms with Crippen molar-refractivity contribution in [1.29, 1.82) is 5.26 Å². The van der Waals surface area contributed by atoms with Crippen molar-refractivity contribution in [3.63, 3.8) is 0 Å². The van der Waals surface area contributed by atoms with Gasteiger partial charge in [-0.25, -0.2) is 4.79 Å². The molecule has 0 spiro atoms. The Morgan fingerprint density at radius 2 is 2.33 bits per heavy atom. The molecule has 1 rings (SSSR count). The maximum absolute atomic E-state index is 11.5. The molecule has 0 heterocycles. The molecular weight excluding hydrogens is 278 g/mol. The zero-order chi connectivity index (χ0) is 11.4. The quantitative estimate of drug-likeness (QED) is 0.672. The van der Waals surface area contributed by atoms with E-state index in [1.807, 2.05) is 6.07 Å². The first-order valence-electron chi connectivity index (χ1n) is 4.19. The number of nitriles is 1. The zero-order valence-electron chi connectivity index (χ0n) is 7.95. The van der Waals surface area contributed by atoms with Gasteiger partial charge in [0.25, 0.3) is 0 Å². The van der Waals surface area contributed by atoms with Gasteiger partial charge in [0.1, 0.15) is 0 Å². The van der Waals surface area contributed by atoms with Crippen LogP contribution >= 0.6 is 28.6 Å². The summed E-state index contributed by atoms with van der Waals surface area (Å²) in [6.45, 7) is 2.01. The number of hydrogen-bond donors (Lipinski definition) is 1. The summed E-state index contributed by atoms with van der Waals surface area (Å²) >= 11 is 7.39. The summed E-state index contributed by atoms with van der Waals surface area (Å²) in [7, 11) is 0. The Labute approximate surface area is 102 Å². The number of esters is 1. The highest BCUT2D eigenvalue weighted by Crippen LogP contribution is 2.26. The summed E-state index contributed by atoms with van der Waals surface area (Å²) in [5, 5.41) is 8.74. The average Bonchev–Trinajstić information content (AvgIpc) is 2.22. The molecule has 0 fully saturated rings. The van der Waals surface area contributed by atoms with E-state index in [0.717, 1.165) is 0 Å². The normalized spacial score (nSPS) is 9.47. The highest BCUT2D eigenvalue weighted by atomic mass is 79.9. The Balaban J connectivity index is 3.23. The Kier molecular flexibility index (Phi) is 4.18. The second-order valence-corrected chi connectivity index (χ2v) is 3.99. The van der Waals surface area contributed by atoms with Crippen molar-refractivity contribution < 1.29 is 9.53 Å². The molecule has 0 saturated heterocycles. The van der Waals surface area contributed by atoms with Crippen molar-refractivity contribution in [2.75, 3.05) is 6.61 Å². The van der Waals surface area contributed by atoms with Gasteiger partial charge in [0.05, 0.1) is 23.8 Å². The van der Waals surface area contributed by atoms with Gasteiger partial charge in [0, 0.05) is 9.37 Å². The predicted octanol–water partition coefficient (Wildman–Crippen LogP) is 2.79. The van der Waals surface area contributed by atoms with Gasteiger partial charge in [-0.1, -0.05) is 0 Å². The van der Waals surface area contributed by atoms with E-state index in [2.05, 4.69) is 28.6 Å². The minimum absolute atomic E-state index is 0.292. The highest BCUT2D eigenvalue weighted by Gasteiger charge is 2.14. The predicted molar refractivity (Wildman–Crippen MR) is 62.1 cm³/mol. The fourth-order valence-electron chi connectivity index (χ4n) is 1.03. The topological polar surface area (TPSA) is 50.1 Å². The molecule has 0 aliphatic heterocycles. The Morgan fingerprint density at radius 1 is 1.67 bits per heavy atom. The van der Waals surface area contributed by atoms with Gasteiger partial charge in [-0.3, -0.25) is 0 Å². The lowest BCUT2D eigenvalue weighted by Crippen LogP contribution is -2.06. The standard InChI is InChI=1S/C10H8BrNO2S/c1-2-14-10(13)7-3-6(5-12)4-8(11)9(7)15/h3-4,15H,2H2,1H3. The van der Waals surface area contributed by atoms with Crippen molar-refractivity contribution >= 4 is 34.5 Å². The van der Waals surface area contributed by atoms with Crippen LogP contribution < -0.4 is 0 Å². The number of hydrogen-bond acceptors (Lipinski definition) is 4. The second kappa shape index (κ2) is 5.19. The van der Waals surface area contributed by atoms with Crippen molar-refractivity contribution in [2.45, 2.75) is 11.8 Å². The maximum Gasteiger partial charge on any atom is 0.339 e. The van der Waals surface area contributed by atoms with E-state index >= 15 is 0 Å². The summed E-state index contributed by atoms with van der Waals surface area (Å²) in [5.41, 5.74) is 0.689. The number of rotatable bonds is 2. The van der Waals surface area contributed by atoms with Crippen LogP contribution in [0.1, 0.15) is 22.8 Å². The van der Waals surface area contributed by atoms with Crippen LogP contribution in [0.25, 0.3) is 0 Å². The van der Waals surface area contributed by atoms with Crippen molar-refractivity contribution in [2.24, 2.45) is 0 Å². The summed E-state index contributed by atoms with van der Waals surface area (Å²) in [5.74, 6) is -0.472. The van der Waals surface area contributed by atoms with E-state index in [0.29, 0.717) is 27.1 Å². The first-order valence-corrected chi connectivity index (χ1v) is 5.44. The molecule has 0 amide bonds. The molecule has 0 bridgehead atoms. The maximum atomic E-state index is 11.5. The molecule has 78 valence electrons. The average molecular weight is 286 g/mol. The van der Waals surface area contributed by atoms with Crippen molar-refractivity contribution in [3.05, 3.63) is 27.7 Å². The van der Waals surface area contributed by atoms with E-state index in [1.165, 1.54) is 6.07 Å². The van der Waals surface area contributed by atoms with Crippen molar-refractivity contribution in [1.82, 2.24) is 0 Å². The largest absolute Gasteiger partial charge is 0.462 e. The van der Waals surface area contributed by atoms with Gasteiger partial charge in [0.15, 0.2) is 0 Å². The molecule has 0 radical (unpaired) electrons. The smallest absolute Gasteiger partial charge is 0.339 e. The lowest BCUT2D eigenvalue weighted by Gasteiger charge is -2.06. The molecule has 0 atom stereocenters. The molecule has 0 aliphatic rings. The summed E-state index contributed by atoms with van der Waals surface area (Å²) in [6, 6.07) is 5.03. The first-order chi connectivity index (χ1) is 7.10. The molecule has 1 aromatic carbocycles. The SMILES string of the molecule is CCOC(=O)c1cc(C#N)cc(Br)c1S.